The summed E-state index contributed by atoms with van der Waals surface area (Å²) in [6.45, 7) is 1.79. The molecule has 20 heavy (non-hydrogen) atoms. The molecule has 0 aliphatic rings. The average molecular weight is 288 g/mol. The Morgan fingerprint density at radius 1 is 1.55 bits per heavy atom. The molecule has 7 heteroatoms. The molecule has 1 aromatic rings. The maximum Gasteiger partial charge on any atom is 0.279 e. The highest BCUT2D eigenvalue weighted by Crippen LogP contribution is 2.37. The summed E-state index contributed by atoms with van der Waals surface area (Å²) in [5.41, 5.74) is -0.108. The topological polar surface area (TPSA) is 91.1 Å². The number of nitro benzene ring substituents is 1. The van der Waals surface area contributed by atoms with E-state index in [4.69, 9.17) is 17.0 Å². The first-order valence-electron chi connectivity index (χ1n) is 7.15. The van der Waals surface area contributed by atoms with E-state index in [1.807, 2.05) is 0 Å². The lowest BCUT2D eigenvalue weighted by Crippen LogP contribution is -2.05. The number of nitro groups is 1. The van der Waals surface area contributed by atoms with E-state index < -0.39 is 18.1 Å². The monoisotopic (exact) mass is 288 g/mol. The Kier molecular flexibility index (Phi) is 5.03. The fraction of sp³-hybridized carbons (Fsp3) is 0.538. The van der Waals surface area contributed by atoms with Gasteiger partial charge < -0.3 is 19.3 Å². The molecule has 1 N–H and O–H groups in total. The number of aliphatic hydroxyl groups excluding tert-OH is 1. The molecule has 112 valence electrons. The van der Waals surface area contributed by atoms with Crippen molar-refractivity contribution in [2.45, 2.75) is 19.4 Å². The van der Waals surface area contributed by atoms with Crippen molar-refractivity contribution in [3.05, 3.63) is 27.8 Å². The van der Waals surface area contributed by atoms with Gasteiger partial charge in [0.1, 0.15) is 0 Å². The van der Waals surface area contributed by atoms with Gasteiger partial charge in [-0.05, 0) is 13.0 Å². The zero-order valence-electron chi connectivity index (χ0n) is 13.4. The number of ether oxygens (including phenoxy) is 3. The number of rotatable bonds is 8. The van der Waals surface area contributed by atoms with Gasteiger partial charge in [0.15, 0.2) is 11.5 Å². The lowest BCUT2D eigenvalue weighted by Gasteiger charge is -2.13. The fourth-order valence-corrected chi connectivity index (χ4v) is 1.65. The maximum absolute atomic E-state index is 11.1. The van der Waals surface area contributed by atoms with Crippen molar-refractivity contribution in [1.82, 2.24) is 0 Å². The molecular weight excluding hydrogens is 266 g/mol. The summed E-state index contributed by atoms with van der Waals surface area (Å²) >= 11 is 0. The predicted octanol–water partition coefficient (Wildman–Crippen LogP) is 2.07. The van der Waals surface area contributed by atoms with E-state index in [1.165, 1.54) is 26.2 Å². The van der Waals surface area contributed by atoms with Crippen molar-refractivity contribution >= 4 is 5.69 Å². The molecule has 2 unspecified atom stereocenters. The van der Waals surface area contributed by atoms with Gasteiger partial charge in [-0.15, -0.1) is 0 Å². The van der Waals surface area contributed by atoms with Gasteiger partial charge >= 0.3 is 0 Å². The molecule has 0 saturated heterocycles. The molecule has 7 nitrogen and oxygen atoms in total. The normalized spacial score (nSPS) is 14.9. The summed E-state index contributed by atoms with van der Waals surface area (Å²) in [7, 11) is 0.0502. The number of hydrogen-bond donors (Lipinski definition) is 1. The largest absolute Gasteiger partial charge is 0.493 e. The first-order valence-corrected chi connectivity index (χ1v) is 6.00. The summed E-state index contributed by atoms with van der Waals surface area (Å²) in [6, 6.07) is 2.58. The lowest BCUT2D eigenvalue weighted by molar-refractivity contribution is -0.386. The van der Waals surface area contributed by atoms with Gasteiger partial charge in [-0.1, -0.05) is 0 Å². The maximum atomic E-state index is 11.1. The van der Waals surface area contributed by atoms with Crippen LogP contribution in [-0.2, 0) is 4.74 Å². The lowest BCUT2D eigenvalue weighted by atomic mass is 10.1. The van der Waals surface area contributed by atoms with Crippen molar-refractivity contribution in [3.8, 4) is 11.5 Å². The van der Waals surface area contributed by atoms with Crippen molar-refractivity contribution in [2.24, 2.45) is 0 Å². The number of aliphatic hydroxyl groups is 1. The highest BCUT2D eigenvalue weighted by atomic mass is 16.6. The molecule has 1 aromatic carbocycles. The summed E-state index contributed by atoms with van der Waals surface area (Å²) in [5.74, 6) is 0.466. The van der Waals surface area contributed by atoms with E-state index in [1.54, 1.807) is 0 Å². The second kappa shape index (κ2) is 7.66. The third-order valence-electron chi connectivity index (χ3n) is 2.62. The van der Waals surface area contributed by atoms with Crippen molar-refractivity contribution < 1.29 is 27.0 Å². The minimum absolute atomic E-state index is 0.142. The first kappa shape index (κ1) is 13.1. The number of benzene rings is 1. The van der Waals surface area contributed by atoms with E-state index in [0.29, 0.717) is 6.42 Å². The molecule has 0 saturated carbocycles. The standard InChI is InChI=1S/C13H19NO6/c1-9(15)10-7-12(19-3)13(8-11(10)14(16)17)20-6-4-5-18-2/h7-9,15H,4-6H2,1-3H3/i2TD. The van der Waals surface area contributed by atoms with Crippen molar-refractivity contribution in [1.29, 1.82) is 0 Å². The highest BCUT2D eigenvalue weighted by molar-refractivity contribution is 5.55. The molecule has 0 fully saturated rings. The molecule has 1 rings (SSSR count). The van der Waals surface area contributed by atoms with Gasteiger partial charge in [0.2, 0.25) is 0 Å². The van der Waals surface area contributed by atoms with Crippen LogP contribution in [0.5, 0.6) is 11.5 Å². The first-order chi connectivity index (χ1) is 10.4. The second-order valence-electron chi connectivity index (χ2n) is 4.07. The van der Waals surface area contributed by atoms with Crippen LogP contribution in [0.1, 0.15) is 27.8 Å². The van der Waals surface area contributed by atoms with E-state index >= 15 is 0 Å². The van der Waals surface area contributed by atoms with Crippen LogP contribution in [0.15, 0.2) is 12.1 Å². The molecule has 0 aliphatic heterocycles. The van der Waals surface area contributed by atoms with Gasteiger partial charge in [0.05, 0.1) is 39.1 Å². The third-order valence-corrected chi connectivity index (χ3v) is 2.62. The molecule has 0 amide bonds. The quantitative estimate of drug-likeness (QED) is 0.447. The average Bonchev–Trinajstić information content (AvgIpc) is 2.45. The minimum Gasteiger partial charge on any atom is -0.493 e. The van der Waals surface area contributed by atoms with E-state index in [0.717, 1.165) is 0 Å². The van der Waals surface area contributed by atoms with Crippen LogP contribution < -0.4 is 9.47 Å². The SMILES string of the molecule is [2H]C([3H])OCCCOc1cc([N+](=O)[O-])c(C(C)O)cc1OC. The molecule has 2 atom stereocenters. The molecule has 0 aliphatic carbocycles. The van der Waals surface area contributed by atoms with Crippen LogP contribution in [0.4, 0.5) is 5.69 Å². The fourth-order valence-electron chi connectivity index (χ4n) is 1.65. The predicted molar refractivity (Wildman–Crippen MR) is 72.3 cm³/mol. The molecular formula is C13H19NO6. The summed E-state index contributed by atoms with van der Waals surface area (Å²) in [6.07, 6.45) is -0.591. The van der Waals surface area contributed by atoms with Crippen molar-refractivity contribution in [3.63, 3.8) is 0 Å². The van der Waals surface area contributed by atoms with Crippen LogP contribution in [0, 0.1) is 10.1 Å². The van der Waals surface area contributed by atoms with Gasteiger partial charge in [0, 0.05) is 20.1 Å². The van der Waals surface area contributed by atoms with Gasteiger partial charge in [0.25, 0.3) is 5.69 Å². The van der Waals surface area contributed by atoms with E-state index in [-0.39, 0.29) is 36.0 Å². The zero-order valence-corrected chi connectivity index (χ0v) is 11.4. The molecule has 0 spiro atoms. The zero-order chi connectivity index (χ0) is 16.7. The van der Waals surface area contributed by atoms with Crippen LogP contribution >= 0.6 is 0 Å². The highest BCUT2D eigenvalue weighted by Gasteiger charge is 2.22. The van der Waals surface area contributed by atoms with Gasteiger partial charge in [-0.2, -0.15) is 0 Å². The summed E-state index contributed by atoms with van der Waals surface area (Å²) in [4.78, 5) is 10.5. The molecule has 0 heterocycles. The van der Waals surface area contributed by atoms with Crippen LogP contribution in [-0.4, -0.2) is 37.4 Å². The Morgan fingerprint density at radius 3 is 2.85 bits per heavy atom. The minimum atomic E-state index is -1.35. The second-order valence-corrected chi connectivity index (χ2v) is 4.07. The Balaban J connectivity index is 2.85. The van der Waals surface area contributed by atoms with E-state index in [9.17, 15) is 15.2 Å². The number of methoxy groups -OCH3 is 2. The van der Waals surface area contributed by atoms with Crippen LogP contribution in [0.3, 0.4) is 0 Å². The Morgan fingerprint density at radius 2 is 2.30 bits per heavy atom. The van der Waals surface area contributed by atoms with Gasteiger partial charge in [-0.25, -0.2) is 0 Å². The Hall–Kier alpha value is -1.86. The Labute approximate surface area is 120 Å². The molecule has 0 radical (unpaired) electrons. The van der Waals surface area contributed by atoms with Crippen LogP contribution in [0.2, 0.25) is 0 Å². The number of hydrogen-bond acceptors (Lipinski definition) is 6. The van der Waals surface area contributed by atoms with E-state index in [2.05, 4.69) is 0 Å². The van der Waals surface area contributed by atoms with Gasteiger partial charge in [-0.3, -0.25) is 10.1 Å². The van der Waals surface area contributed by atoms with Crippen LogP contribution in [0.25, 0.3) is 0 Å². The number of nitrogens with zero attached hydrogens (tertiary/aromatic N) is 1. The smallest absolute Gasteiger partial charge is 0.279 e. The third kappa shape index (κ3) is 4.07. The van der Waals surface area contributed by atoms with Crippen molar-refractivity contribution in [2.75, 3.05) is 27.4 Å². The summed E-state index contributed by atoms with van der Waals surface area (Å²) < 4.78 is 29.0. The Bertz CT molecular complexity index is 510. The molecule has 0 aromatic heterocycles. The summed E-state index contributed by atoms with van der Waals surface area (Å²) in [5, 5.41) is 20.7. The molecule has 0 bridgehead atoms.